The van der Waals surface area contributed by atoms with Crippen LogP contribution in [0.4, 0.5) is 0 Å². The molecule has 3 aromatic rings. The monoisotopic (exact) mass is 558 g/mol. The van der Waals surface area contributed by atoms with Crippen molar-refractivity contribution < 1.29 is 27.2 Å². The van der Waals surface area contributed by atoms with Gasteiger partial charge in [-0.15, -0.1) is 0 Å². The first-order valence-electron chi connectivity index (χ1n) is 10.5. The number of aryl methyl sites for hydroxylation is 1. The van der Waals surface area contributed by atoms with E-state index < -0.39 is 21.6 Å². The van der Waals surface area contributed by atoms with E-state index in [1.54, 1.807) is 38.1 Å². The van der Waals surface area contributed by atoms with Crippen molar-refractivity contribution in [3.63, 3.8) is 0 Å². The van der Waals surface area contributed by atoms with Gasteiger partial charge < -0.3 is 14.0 Å². The maximum atomic E-state index is 13.2. The van der Waals surface area contributed by atoms with E-state index in [4.69, 9.17) is 48.8 Å². The zero-order chi connectivity index (χ0) is 25.5. The number of hydrogen-bond acceptors (Lipinski definition) is 7. The number of hydrogen-bond donors (Lipinski definition) is 0. The number of methoxy groups -OCH3 is 1. The van der Waals surface area contributed by atoms with Gasteiger partial charge in [-0.1, -0.05) is 58.2 Å². The Balaban J connectivity index is 1.79. The first-order chi connectivity index (χ1) is 16.6. The van der Waals surface area contributed by atoms with E-state index in [0.717, 1.165) is 0 Å². The molecule has 2 heterocycles. The van der Waals surface area contributed by atoms with Gasteiger partial charge in [0, 0.05) is 17.7 Å². The van der Waals surface area contributed by atoms with Crippen LogP contribution in [0.2, 0.25) is 15.1 Å². The van der Waals surface area contributed by atoms with Crippen LogP contribution in [-0.4, -0.2) is 50.7 Å². The number of benzene rings is 2. The molecule has 12 heteroatoms. The van der Waals surface area contributed by atoms with E-state index in [9.17, 15) is 13.2 Å². The number of rotatable bonds is 7. The van der Waals surface area contributed by atoms with Gasteiger partial charge in [-0.3, -0.25) is 0 Å². The highest BCUT2D eigenvalue weighted by atomic mass is 35.5. The summed E-state index contributed by atoms with van der Waals surface area (Å²) >= 11 is 18.8. The second-order valence-electron chi connectivity index (χ2n) is 7.94. The quantitative estimate of drug-likeness (QED) is 0.361. The standard InChI is InChI=1S/C23H21Cl3N2O6S/c1-4-33-22(29)19-20(18-15(25)9-14(24)10-16(18)26)27-34-21(19)23(32-3)11-28(12-23)35(30,31)17-8-6-5-7-13(17)2/h5-10H,4,11-12H2,1-3H3. The number of carbonyl (C=O) groups is 1. The zero-order valence-electron chi connectivity index (χ0n) is 19.0. The zero-order valence-corrected chi connectivity index (χ0v) is 22.1. The fourth-order valence-corrected chi connectivity index (χ4v) is 6.73. The Morgan fingerprint density at radius 2 is 1.80 bits per heavy atom. The molecule has 1 aromatic heterocycles. The summed E-state index contributed by atoms with van der Waals surface area (Å²) in [5, 5.41) is 4.66. The molecule has 0 N–H and O–H groups in total. The molecule has 0 spiro atoms. The minimum absolute atomic E-state index is 0.0202. The number of carbonyl (C=O) groups excluding carboxylic acids is 1. The molecule has 35 heavy (non-hydrogen) atoms. The average Bonchev–Trinajstić information content (AvgIpc) is 3.18. The minimum Gasteiger partial charge on any atom is -0.462 e. The number of sulfonamides is 1. The Morgan fingerprint density at radius 1 is 1.17 bits per heavy atom. The summed E-state index contributed by atoms with van der Waals surface area (Å²) in [7, 11) is -2.41. The number of ether oxygens (including phenoxy) is 2. The van der Waals surface area contributed by atoms with Crippen molar-refractivity contribution in [1.82, 2.24) is 9.46 Å². The fraction of sp³-hybridized carbons (Fsp3) is 0.304. The summed E-state index contributed by atoms with van der Waals surface area (Å²) < 4.78 is 44.3. The largest absolute Gasteiger partial charge is 0.462 e. The van der Waals surface area contributed by atoms with Gasteiger partial charge in [0.2, 0.25) is 10.0 Å². The molecule has 8 nitrogen and oxygen atoms in total. The molecule has 0 bridgehead atoms. The van der Waals surface area contributed by atoms with E-state index in [2.05, 4.69) is 5.16 Å². The van der Waals surface area contributed by atoms with E-state index in [0.29, 0.717) is 10.6 Å². The summed E-state index contributed by atoms with van der Waals surface area (Å²) in [4.78, 5) is 13.2. The number of aromatic nitrogens is 1. The number of esters is 1. The van der Waals surface area contributed by atoms with Gasteiger partial charge in [-0.2, -0.15) is 4.31 Å². The van der Waals surface area contributed by atoms with Gasteiger partial charge >= 0.3 is 5.97 Å². The third-order valence-corrected chi connectivity index (χ3v) is 8.56. The number of nitrogens with zero attached hydrogens (tertiary/aromatic N) is 2. The summed E-state index contributed by atoms with van der Waals surface area (Å²) in [6, 6.07) is 9.60. The molecule has 186 valence electrons. The van der Waals surface area contributed by atoms with Gasteiger partial charge in [0.1, 0.15) is 11.3 Å². The highest BCUT2D eigenvalue weighted by molar-refractivity contribution is 7.89. The van der Waals surface area contributed by atoms with E-state index in [-0.39, 0.29) is 57.2 Å². The van der Waals surface area contributed by atoms with Crippen LogP contribution < -0.4 is 0 Å². The van der Waals surface area contributed by atoms with Gasteiger partial charge in [0.05, 0.1) is 34.6 Å². The maximum absolute atomic E-state index is 13.2. The van der Waals surface area contributed by atoms with Crippen LogP contribution in [-0.2, 0) is 25.1 Å². The van der Waals surface area contributed by atoms with Crippen LogP contribution >= 0.6 is 34.8 Å². The van der Waals surface area contributed by atoms with Crippen LogP contribution in [0.5, 0.6) is 0 Å². The van der Waals surface area contributed by atoms with E-state index in [1.165, 1.54) is 23.5 Å². The summed E-state index contributed by atoms with van der Waals surface area (Å²) in [6.07, 6.45) is 0. The van der Waals surface area contributed by atoms with Crippen LogP contribution in [0.15, 0.2) is 45.8 Å². The smallest absolute Gasteiger partial charge is 0.344 e. The van der Waals surface area contributed by atoms with Crippen LogP contribution in [0.1, 0.15) is 28.6 Å². The second kappa shape index (κ2) is 9.72. The predicted octanol–water partition coefficient (Wildman–Crippen LogP) is 5.33. The SMILES string of the molecule is CCOC(=O)c1c(-c2c(Cl)cc(Cl)cc2Cl)noc1C1(OC)CN(S(=O)(=O)c2ccccc2C)C1. The van der Waals surface area contributed by atoms with Crippen LogP contribution in [0, 0.1) is 6.92 Å². The van der Waals surface area contributed by atoms with Crippen LogP contribution in [0.3, 0.4) is 0 Å². The molecular weight excluding hydrogens is 539 g/mol. The molecule has 1 aliphatic heterocycles. The van der Waals surface area contributed by atoms with Gasteiger partial charge in [-0.25, -0.2) is 13.2 Å². The van der Waals surface area contributed by atoms with Crippen molar-refractivity contribution in [2.45, 2.75) is 24.3 Å². The lowest BCUT2D eigenvalue weighted by Crippen LogP contribution is -2.62. The summed E-state index contributed by atoms with van der Waals surface area (Å²) in [6.45, 7) is 3.24. The van der Waals surface area contributed by atoms with Gasteiger partial charge in [-0.05, 0) is 37.6 Å². The van der Waals surface area contributed by atoms with E-state index in [1.807, 2.05) is 0 Å². The van der Waals surface area contributed by atoms with Crippen LogP contribution in [0.25, 0.3) is 11.3 Å². The number of halogens is 3. The molecule has 0 saturated carbocycles. The lowest BCUT2D eigenvalue weighted by molar-refractivity contribution is -0.114. The Bertz CT molecular complexity index is 1380. The molecule has 0 radical (unpaired) electrons. The third kappa shape index (κ3) is 4.45. The predicted molar refractivity (Wildman–Crippen MR) is 132 cm³/mol. The summed E-state index contributed by atoms with van der Waals surface area (Å²) in [5.41, 5.74) is -0.446. The Hall–Kier alpha value is -2.14. The van der Waals surface area contributed by atoms with Crippen molar-refractivity contribution in [2.24, 2.45) is 0 Å². The third-order valence-electron chi connectivity index (χ3n) is 5.79. The fourth-order valence-electron chi connectivity index (χ4n) is 3.98. The highest BCUT2D eigenvalue weighted by Crippen LogP contribution is 2.45. The molecule has 2 aromatic carbocycles. The molecule has 0 unspecified atom stereocenters. The molecule has 1 saturated heterocycles. The minimum atomic E-state index is -3.81. The normalized spacial score (nSPS) is 15.6. The Labute approximate surface area is 217 Å². The highest BCUT2D eigenvalue weighted by Gasteiger charge is 2.55. The average molecular weight is 560 g/mol. The maximum Gasteiger partial charge on any atom is 0.344 e. The molecular formula is C23H21Cl3N2O6S. The first-order valence-corrected chi connectivity index (χ1v) is 13.1. The molecule has 0 aliphatic carbocycles. The molecule has 0 atom stereocenters. The van der Waals surface area contributed by atoms with Crippen molar-refractivity contribution in [3.8, 4) is 11.3 Å². The topological polar surface area (TPSA) is 98.9 Å². The lowest BCUT2D eigenvalue weighted by Gasteiger charge is -2.46. The summed E-state index contributed by atoms with van der Waals surface area (Å²) in [5.74, 6) is -0.718. The Morgan fingerprint density at radius 3 is 2.37 bits per heavy atom. The van der Waals surface area contributed by atoms with Gasteiger partial charge in [0.15, 0.2) is 11.4 Å². The van der Waals surface area contributed by atoms with Crippen molar-refractivity contribution in [3.05, 3.63) is 68.4 Å². The molecule has 4 rings (SSSR count). The molecule has 1 fully saturated rings. The Kier molecular flexibility index (Phi) is 7.21. The van der Waals surface area contributed by atoms with Gasteiger partial charge in [0.25, 0.3) is 0 Å². The first kappa shape index (κ1) is 25.9. The van der Waals surface area contributed by atoms with Crippen molar-refractivity contribution >= 4 is 50.8 Å². The molecule has 1 aliphatic rings. The lowest BCUT2D eigenvalue weighted by atomic mass is 9.89. The van der Waals surface area contributed by atoms with Crippen molar-refractivity contribution in [2.75, 3.05) is 26.8 Å². The second-order valence-corrected chi connectivity index (χ2v) is 11.1. The van der Waals surface area contributed by atoms with E-state index >= 15 is 0 Å². The molecule has 0 amide bonds. The van der Waals surface area contributed by atoms with Crippen molar-refractivity contribution in [1.29, 1.82) is 0 Å².